The maximum atomic E-state index is 2.74. The van der Waals surface area contributed by atoms with Crippen molar-refractivity contribution in [2.75, 3.05) is 4.90 Å². The number of anilines is 1. The van der Waals surface area contributed by atoms with E-state index in [4.69, 9.17) is 0 Å². The summed E-state index contributed by atoms with van der Waals surface area (Å²) in [4.78, 5) is 2.74. The van der Waals surface area contributed by atoms with Crippen LogP contribution in [0.5, 0.6) is 0 Å². The van der Waals surface area contributed by atoms with Crippen LogP contribution in [0.25, 0.3) is 5.57 Å². The Morgan fingerprint density at radius 3 is 2.02 bits per heavy atom. The lowest BCUT2D eigenvalue weighted by Gasteiger charge is -2.47. The Balaban J connectivity index is 1.08. The molecular weight excluding hydrogens is 674 g/mol. The lowest BCUT2D eigenvalue weighted by atomic mass is 9.19. The first-order valence-electron chi connectivity index (χ1n) is 20.0. The van der Waals surface area contributed by atoms with E-state index in [1.54, 1.807) is 0 Å². The molecule has 56 heavy (non-hydrogen) atoms. The molecule has 4 heteroatoms. The van der Waals surface area contributed by atoms with Gasteiger partial charge in [0.15, 0.2) is 0 Å². The first-order valence-corrected chi connectivity index (χ1v) is 20.0. The SMILES string of the molecule is C1=CC2=[N+](c3ccccc3)C3=CC4=CC=C5C6=C(C=C7C=CC(=C4C75)C3N3c4ccccc4C(=C1)C23)B(c1ccccc1)c1ccccc1B6c1ccccc1. The number of benzene rings is 5. The number of hydrogen-bond donors (Lipinski definition) is 0. The molecule has 5 aromatic rings. The quantitative estimate of drug-likeness (QED) is 0.139. The van der Waals surface area contributed by atoms with E-state index in [9.17, 15) is 0 Å². The fourth-order valence-corrected chi connectivity index (χ4v) is 11.4. The second-order valence-electron chi connectivity index (χ2n) is 16.1. The van der Waals surface area contributed by atoms with Crippen LogP contribution in [-0.4, -0.2) is 35.8 Å². The Bertz CT molecular complexity index is 2920. The number of para-hydroxylation sites is 2. The van der Waals surface area contributed by atoms with E-state index in [-0.39, 0.29) is 31.4 Å². The summed E-state index contributed by atoms with van der Waals surface area (Å²) in [6.07, 6.45) is 21.9. The van der Waals surface area contributed by atoms with Crippen molar-refractivity contribution in [3.63, 3.8) is 0 Å². The van der Waals surface area contributed by atoms with Crippen molar-refractivity contribution in [2.45, 2.75) is 12.1 Å². The molecule has 3 heterocycles. The predicted molar refractivity (Wildman–Crippen MR) is 233 cm³/mol. The first kappa shape index (κ1) is 30.7. The zero-order chi connectivity index (χ0) is 36.5. The van der Waals surface area contributed by atoms with Gasteiger partial charge in [-0.25, -0.2) is 0 Å². The van der Waals surface area contributed by atoms with Crippen molar-refractivity contribution in [1.29, 1.82) is 0 Å². The van der Waals surface area contributed by atoms with Crippen LogP contribution in [0.3, 0.4) is 0 Å². The molecule has 3 unspecified atom stereocenters. The van der Waals surface area contributed by atoms with Crippen molar-refractivity contribution in [1.82, 2.24) is 0 Å². The molecule has 8 aliphatic rings. The minimum atomic E-state index is 0.0521. The van der Waals surface area contributed by atoms with Crippen molar-refractivity contribution < 1.29 is 4.58 Å². The van der Waals surface area contributed by atoms with E-state index in [0.717, 1.165) is 0 Å². The molecule has 0 aromatic heterocycles. The fourth-order valence-electron chi connectivity index (χ4n) is 11.4. The standard InChI is InChI=1S/C52H35B2N2/c1-4-15-35(16-5-1)53-42-23-11-12-24-43(42)54(36-17-6-2-7-18-36)50-40-29-27-34-32-47-52(41-30-28-33(31-44(50)53)48(40)49(34)41)56-45-25-13-10-21-38(45)39-22-14-26-46(51(39)56)55(47)37-19-8-3-9-20-37/h1-32,48,51-52H/q+1. The number of nitrogens with zero attached hydrogens (tertiary/aromatic N) is 2. The van der Waals surface area contributed by atoms with Crippen molar-refractivity contribution >= 4 is 57.9 Å². The second kappa shape index (κ2) is 11.4. The molecule has 13 rings (SSSR count). The topological polar surface area (TPSA) is 6.25 Å². The lowest BCUT2D eigenvalue weighted by Crippen LogP contribution is -2.64. The highest BCUT2D eigenvalue weighted by Crippen LogP contribution is 2.56. The highest BCUT2D eigenvalue weighted by Gasteiger charge is 2.56. The van der Waals surface area contributed by atoms with Crippen LogP contribution in [0.4, 0.5) is 11.4 Å². The summed E-state index contributed by atoms with van der Waals surface area (Å²) in [6, 6.07) is 51.9. The van der Waals surface area contributed by atoms with Gasteiger partial charge in [0.25, 0.3) is 0 Å². The Kier molecular flexibility index (Phi) is 6.27. The van der Waals surface area contributed by atoms with E-state index in [1.165, 1.54) is 94.6 Å². The zero-order valence-electron chi connectivity index (χ0n) is 30.8. The number of rotatable bonds is 3. The Hall–Kier alpha value is -6.64. The average Bonchev–Trinajstić information content (AvgIpc) is 3.60. The van der Waals surface area contributed by atoms with Crippen LogP contribution in [0.15, 0.2) is 239 Å². The molecule has 0 saturated carbocycles. The van der Waals surface area contributed by atoms with Gasteiger partial charge in [0.05, 0.1) is 0 Å². The highest BCUT2D eigenvalue weighted by molar-refractivity contribution is 7.05. The van der Waals surface area contributed by atoms with Gasteiger partial charge in [0, 0.05) is 41.5 Å². The average molecular weight is 709 g/mol. The summed E-state index contributed by atoms with van der Waals surface area (Å²) in [6.45, 7) is 0.291. The Morgan fingerprint density at radius 2 is 1.23 bits per heavy atom. The van der Waals surface area contributed by atoms with Crippen molar-refractivity contribution in [2.24, 2.45) is 5.92 Å². The molecule has 0 N–H and O–H groups in total. The third-order valence-corrected chi connectivity index (χ3v) is 13.5. The van der Waals surface area contributed by atoms with Gasteiger partial charge in [-0.2, -0.15) is 4.58 Å². The first-order chi connectivity index (χ1) is 27.8. The smallest absolute Gasteiger partial charge is 0.240 e. The van der Waals surface area contributed by atoms with Gasteiger partial charge in [-0.3, -0.25) is 0 Å². The van der Waals surface area contributed by atoms with Gasteiger partial charge in [-0.05, 0) is 39.5 Å². The monoisotopic (exact) mass is 709 g/mol. The number of fused-ring (bicyclic) bond motifs is 8. The summed E-state index contributed by atoms with van der Waals surface area (Å²) in [5.41, 5.74) is 23.4. The fraction of sp³-hybridized carbons (Fsp3) is 0.0577. The maximum Gasteiger partial charge on any atom is 0.240 e. The molecule has 5 aliphatic carbocycles. The predicted octanol–water partition coefficient (Wildman–Crippen LogP) is 7.49. The van der Waals surface area contributed by atoms with Crippen LogP contribution < -0.4 is 26.8 Å². The lowest BCUT2D eigenvalue weighted by molar-refractivity contribution is -0.392. The van der Waals surface area contributed by atoms with Gasteiger partial charge in [0.1, 0.15) is 12.1 Å². The van der Waals surface area contributed by atoms with Crippen molar-refractivity contribution in [3.05, 3.63) is 244 Å². The van der Waals surface area contributed by atoms with Gasteiger partial charge < -0.3 is 4.90 Å². The van der Waals surface area contributed by atoms with E-state index < -0.39 is 0 Å². The van der Waals surface area contributed by atoms with E-state index in [2.05, 4.69) is 204 Å². The summed E-state index contributed by atoms with van der Waals surface area (Å²) < 4.78 is 2.57. The van der Waals surface area contributed by atoms with E-state index >= 15 is 0 Å². The molecule has 3 aliphatic heterocycles. The van der Waals surface area contributed by atoms with Crippen LogP contribution >= 0.6 is 0 Å². The zero-order valence-corrected chi connectivity index (χ0v) is 30.8. The van der Waals surface area contributed by atoms with Crippen LogP contribution in [0, 0.1) is 5.92 Å². The highest BCUT2D eigenvalue weighted by atomic mass is 15.3. The summed E-state index contributed by atoms with van der Waals surface area (Å²) in [5, 5.41) is 0. The van der Waals surface area contributed by atoms with Gasteiger partial charge in [-0.15, -0.1) is 0 Å². The normalized spacial score (nSPS) is 22.9. The molecule has 0 amide bonds. The number of hydrogen-bond acceptors (Lipinski definition) is 1. The van der Waals surface area contributed by atoms with E-state index in [0.29, 0.717) is 0 Å². The molecule has 0 fully saturated rings. The molecule has 0 saturated heterocycles. The van der Waals surface area contributed by atoms with Gasteiger partial charge in [-0.1, -0.05) is 197 Å². The molecule has 0 radical (unpaired) electrons. The third-order valence-electron chi connectivity index (χ3n) is 13.5. The Morgan fingerprint density at radius 1 is 0.554 bits per heavy atom. The second-order valence-corrected chi connectivity index (χ2v) is 16.1. The minimum Gasteiger partial charge on any atom is -0.337 e. The number of allylic oxidation sites excluding steroid dienone is 13. The van der Waals surface area contributed by atoms with Crippen LogP contribution in [0.2, 0.25) is 0 Å². The van der Waals surface area contributed by atoms with Crippen LogP contribution in [0.1, 0.15) is 5.56 Å². The third kappa shape index (κ3) is 4.01. The largest absolute Gasteiger partial charge is 0.337 e. The van der Waals surface area contributed by atoms with E-state index in [1.807, 2.05) is 0 Å². The summed E-state index contributed by atoms with van der Waals surface area (Å²) in [5.74, 6) is 0.161. The summed E-state index contributed by atoms with van der Waals surface area (Å²) in [7, 11) is 0. The molecule has 3 atom stereocenters. The molecular formula is C52H35B2N2+. The summed E-state index contributed by atoms with van der Waals surface area (Å²) >= 11 is 0. The molecule has 0 bridgehead atoms. The molecule has 258 valence electrons. The van der Waals surface area contributed by atoms with Gasteiger partial charge in [0.2, 0.25) is 30.5 Å². The molecule has 0 spiro atoms. The van der Waals surface area contributed by atoms with Crippen molar-refractivity contribution in [3.8, 4) is 0 Å². The van der Waals surface area contributed by atoms with Gasteiger partial charge >= 0.3 is 0 Å². The Labute approximate surface area is 328 Å². The van der Waals surface area contributed by atoms with Crippen LogP contribution in [-0.2, 0) is 0 Å². The molecule has 5 aromatic carbocycles. The minimum absolute atomic E-state index is 0.0521. The molecule has 2 nitrogen and oxygen atoms in total. The maximum absolute atomic E-state index is 2.74.